The normalized spacial score (nSPS) is 15.2. The van der Waals surface area contributed by atoms with Crippen molar-refractivity contribution in [3.8, 4) is 0 Å². The van der Waals surface area contributed by atoms with Crippen LogP contribution in [0.3, 0.4) is 0 Å². The second-order valence-corrected chi connectivity index (χ2v) is 4.13. The van der Waals surface area contributed by atoms with Crippen molar-refractivity contribution in [3.63, 3.8) is 0 Å². The van der Waals surface area contributed by atoms with Gasteiger partial charge in [-0.1, -0.05) is 6.92 Å². The van der Waals surface area contributed by atoms with Crippen LogP contribution in [-0.2, 0) is 18.2 Å². The van der Waals surface area contributed by atoms with E-state index in [9.17, 15) is 5.11 Å². The monoisotopic (exact) mass is 212 g/mol. The Morgan fingerprint density at radius 2 is 2.33 bits per heavy atom. The summed E-state index contributed by atoms with van der Waals surface area (Å²) in [6.07, 6.45) is 2.94. The van der Waals surface area contributed by atoms with Crippen LogP contribution in [0.2, 0.25) is 0 Å². The van der Waals surface area contributed by atoms with Crippen LogP contribution in [0.5, 0.6) is 0 Å². The van der Waals surface area contributed by atoms with E-state index in [2.05, 4.69) is 12.0 Å². The van der Waals surface area contributed by atoms with Crippen molar-refractivity contribution >= 4 is 0 Å². The van der Waals surface area contributed by atoms with Crippen molar-refractivity contribution in [2.75, 3.05) is 13.7 Å². The van der Waals surface area contributed by atoms with Gasteiger partial charge in [-0.15, -0.1) is 0 Å². The fourth-order valence-electron chi connectivity index (χ4n) is 1.71. The number of ether oxygens (including phenoxy) is 1. The van der Waals surface area contributed by atoms with Gasteiger partial charge in [-0.2, -0.15) is 5.10 Å². The number of methoxy groups -OCH3 is 1. The molecule has 0 spiro atoms. The van der Waals surface area contributed by atoms with E-state index in [1.165, 1.54) is 0 Å². The van der Waals surface area contributed by atoms with E-state index in [4.69, 9.17) is 4.74 Å². The summed E-state index contributed by atoms with van der Waals surface area (Å²) in [5.41, 5.74) is 0.939. The van der Waals surface area contributed by atoms with Crippen LogP contribution in [0.4, 0.5) is 0 Å². The molecular weight excluding hydrogens is 192 g/mol. The molecule has 1 N–H and O–H groups in total. The Labute approximate surface area is 90.9 Å². The molecule has 2 atom stereocenters. The highest BCUT2D eigenvalue weighted by Gasteiger charge is 2.12. The quantitative estimate of drug-likeness (QED) is 0.765. The summed E-state index contributed by atoms with van der Waals surface area (Å²) in [5.74, 6) is 0.383. The summed E-state index contributed by atoms with van der Waals surface area (Å²) < 4.78 is 6.78. The van der Waals surface area contributed by atoms with Crippen LogP contribution in [0.15, 0.2) is 12.3 Å². The van der Waals surface area contributed by atoms with E-state index in [1.807, 2.05) is 19.3 Å². The highest BCUT2D eigenvalue weighted by molar-refractivity contribution is 5.00. The molecule has 2 unspecified atom stereocenters. The fraction of sp³-hybridized carbons (Fsp3) is 0.727. The van der Waals surface area contributed by atoms with Crippen LogP contribution in [-0.4, -0.2) is 34.7 Å². The van der Waals surface area contributed by atoms with Gasteiger partial charge >= 0.3 is 0 Å². The predicted octanol–water partition coefficient (Wildman–Crippen LogP) is 0.996. The fourth-order valence-corrected chi connectivity index (χ4v) is 1.71. The topological polar surface area (TPSA) is 47.3 Å². The van der Waals surface area contributed by atoms with Crippen LogP contribution in [0, 0.1) is 5.92 Å². The van der Waals surface area contributed by atoms with Gasteiger partial charge in [0.1, 0.15) is 0 Å². The summed E-state index contributed by atoms with van der Waals surface area (Å²) in [7, 11) is 3.56. The minimum Gasteiger partial charge on any atom is -0.393 e. The van der Waals surface area contributed by atoms with Gasteiger partial charge in [0.2, 0.25) is 0 Å². The lowest BCUT2D eigenvalue weighted by Gasteiger charge is -2.14. The second-order valence-electron chi connectivity index (χ2n) is 4.13. The Hall–Kier alpha value is -0.870. The molecule has 0 aromatic carbocycles. The second kappa shape index (κ2) is 5.88. The Morgan fingerprint density at radius 1 is 1.60 bits per heavy atom. The molecule has 1 heterocycles. The molecule has 0 saturated carbocycles. The maximum absolute atomic E-state index is 9.80. The number of nitrogens with zero attached hydrogens (tertiary/aromatic N) is 2. The first-order chi connectivity index (χ1) is 7.11. The predicted molar refractivity (Wildman–Crippen MR) is 58.6 cm³/mol. The maximum atomic E-state index is 9.80. The van der Waals surface area contributed by atoms with E-state index in [-0.39, 0.29) is 6.10 Å². The largest absolute Gasteiger partial charge is 0.393 e. The third-order valence-corrected chi connectivity index (χ3v) is 2.34. The van der Waals surface area contributed by atoms with Gasteiger partial charge in [-0.25, -0.2) is 0 Å². The molecule has 0 aliphatic carbocycles. The first kappa shape index (κ1) is 12.2. The molecule has 15 heavy (non-hydrogen) atoms. The van der Waals surface area contributed by atoms with Gasteiger partial charge in [0.05, 0.1) is 11.8 Å². The summed E-state index contributed by atoms with van der Waals surface area (Å²) >= 11 is 0. The van der Waals surface area contributed by atoms with Crippen LogP contribution < -0.4 is 0 Å². The molecule has 0 radical (unpaired) electrons. The maximum Gasteiger partial charge on any atom is 0.0650 e. The molecule has 0 amide bonds. The lowest BCUT2D eigenvalue weighted by atomic mass is 10.0. The minimum absolute atomic E-state index is 0.329. The highest BCUT2D eigenvalue weighted by Crippen LogP contribution is 2.10. The smallest absolute Gasteiger partial charge is 0.0650 e. The number of aromatic nitrogens is 2. The highest BCUT2D eigenvalue weighted by atomic mass is 16.5. The number of aliphatic hydroxyl groups excluding tert-OH is 1. The Balaban J connectivity index is 2.32. The van der Waals surface area contributed by atoms with Crippen molar-refractivity contribution in [2.45, 2.75) is 25.9 Å². The molecule has 4 nitrogen and oxygen atoms in total. The number of rotatable bonds is 6. The van der Waals surface area contributed by atoms with Crippen molar-refractivity contribution in [3.05, 3.63) is 18.0 Å². The number of hydrogen-bond acceptors (Lipinski definition) is 3. The average Bonchev–Trinajstić information content (AvgIpc) is 2.51. The molecule has 4 heteroatoms. The van der Waals surface area contributed by atoms with E-state index in [1.54, 1.807) is 11.8 Å². The van der Waals surface area contributed by atoms with Gasteiger partial charge < -0.3 is 9.84 Å². The van der Waals surface area contributed by atoms with Gasteiger partial charge in [0.25, 0.3) is 0 Å². The Morgan fingerprint density at radius 3 is 2.87 bits per heavy atom. The van der Waals surface area contributed by atoms with Gasteiger partial charge in [-0.3, -0.25) is 4.68 Å². The van der Waals surface area contributed by atoms with Crippen molar-refractivity contribution < 1.29 is 9.84 Å². The summed E-state index contributed by atoms with van der Waals surface area (Å²) in [5, 5.41) is 14.0. The van der Waals surface area contributed by atoms with Crippen molar-refractivity contribution in [1.82, 2.24) is 9.78 Å². The lowest BCUT2D eigenvalue weighted by Crippen LogP contribution is -2.17. The standard InChI is InChI=1S/C11H20N2O2/c1-9(8-15-3)6-11(14)7-10-4-5-13(2)12-10/h4-5,9,11,14H,6-8H2,1-3H3. The third-order valence-electron chi connectivity index (χ3n) is 2.34. The molecule has 86 valence electrons. The molecule has 0 bridgehead atoms. The van der Waals surface area contributed by atoms with Crippen LogP contribution >= 0.6 is 0 Å². The number of aryl methyl sites for hydroxylation is 1. The Bertz CT molecular complexity index is 286. The summed E-state index contributed by atoms with van der Waals surface area (Å²) in [6, 6.07) is 1.93. The van der Waals surface area contributed by atoms with Gasteiger partial charge in [0, 0.05) is 33.4 Å². The van der Waals surface area contributed by atoms with Gasteiger partial charge in [0.15, 0.2) is 0 Å². The van der Waals surface area contributed by atoms with E-state index in [0.717, 1.165) is 12.1 Å². The summed E-state index contributed by atoms with van der Waals surface area (Å²) in [6.45, 7) is 2.77. The molecule has 0 aliphatic rings. The molecule has 1 rings (SSSR count). The van der Waals surface area contributed by atoms with Crippen molar-refractivity contribution in [1.29, 1.82) is 0 Å². The van der Waals surface area contributed by atoms with E-state index < -0.39 is 0 Å². The third kappa shape index (κ3) is 4.44. The molecular formula is C11H20N2O2. The van der Waals surface area contributed by atoms with Gasteiger partial charge in [-0.05, 0) is 18.4 Å². The first-order valence-corrected chi connectivity index (χ1v) is 5.27. The molecule has 1 aromatic rings. The Kier molecular flexibility index (Phi) is 4.78. The minimum atomic E-state index is -0.329. The van der Waals surface area contributed by atoms with E-state index >= 15 is 0 Å². The molecule has 0 fully saturated rings. The van der Waals surface area contributed by atoms with E-state index in [0.29, 0.717) is 18.9 Å². The SMILES string of the molecule is COCC(C)CC(O)Cc1ccn(C)n1. The van der Waals surface area contributed by atoms with Crippen molar-refractivity contribution in [2.24, 2.45) is 13.0 Å². The first-order valence-electron chi connectivity index (χ1n) is 5.27. The molecule has 1 aromatic heterocycles. The lowest BCUT2D eigenvalue weighted by molar-refractivity contribution is 0.101. The van der Waals surface area contributed by atoms with Crippen LogP contribution in [0.1, 0.15) is 19.0 Å². The zero-order valence-electron chi connectivity index (χ0n) is 9.68. The average molecular weight is 212 g/mol. The van der Waals surface area contributed by atoms with Crippen LogP contribution in [0.25, 0.3) is 0 Å². The summed E-state index contributed by atoms with van der Waals surface area (Å²) in [4.78, 5) is 0. The molecule has 0 saturated heterocycles. The zero-order chi connectivity index (χ0) is 11.3. The zero-order valence-corrected chi connectivity index (χ0v) is 9.68. The molecule has 0 aliphatic heterocycles. The number of aliphatic hydroxyl groups is 1. The number of hydrogen-bond donors (Lipinski definition) is 1.